The van der Waals surface area contributed by atoms with Gasteiger partial charge in [-0.2, -0.15) is 0 Å². The summed E-state index contributed by atoms with van der Waals surface area (Å²) in [5.41, 5.74) is 2.68. The topological polar surface area (TPSA) is 47.0 Å². The molecular formula is C24H24ClN3O2. The number of hydrogen-bond donors (Lipinski definition) is 1. The molecule has 0 aromatic heterocycles. The zero-order valence-electron chi connectivity index (χ0n) is 16.7. The molecule has 1 atom stereocenters. The fourth-order valence-electron chi connectivity index (χ4n) is 4.55. The van der Waals surface area contributed by atoms with Crippen LogP contribution in [0.1, 0.15) is 22.1 Å². The maximum Gasteiger partial charge on any atom is 0.256 e. The van der Waals surface area contributed by atoms with Crippen LogP contribution in [0.3, 0.4) is 0 Å². The van der Waals surface area contributed by atoms with E-state index in [2.05, 4.69) is 21.9 Å². The summed E-state index contributed by atoms with van der Waals surface area (Å²) in [5, 5.41) is 13.5. The van der Waals surface area contributed by atoms with Crippen molar-refractivity contribution < 1.29 is 9.90 Å². The number of anilines is 1. The lowest BCUT2D eigenvalue weighted by molar-refractivity contribution is 0.000973. The van der Waals surface area contributed by atoms with Crippen molar-refractivity contribution in [3.8, 4) is 0 Å². The van der Waals surface area contributed by atoms with Gasteiger partial charge in [0.1, 0.15) is 0 Å². The van der Waals surface area contributed by atoms with Gasteiger partial charge in [-0.25, -0.2) is 0 Å². The third kappa shape index (κ3) is 3.43. The third-order valence-corrected chi connectivity index (χ3v) is 6.47. The fourth-order valence-corrected chi connectivity index (χ4v) is 4.68. The summed E-state index contributed by atoms with van der Waals surface area (Å²) in [4.78, 5) is 19.4. The van der Waals surface area contributed by atoms with Crippen LogP contribution >= 0.6 is 11.6 Å². The second-order valence-corrected chi connectivity index (χ2v) is 8.36. The lowest BCUT2D eigenvalue weighted by Gasteiger charge is -2.38. The van der Waals surface area contributed by atoms with Gasteiger partial charge in [0.25, 0.3) is 5.91 Å². The highest BCUT2D eigenvalue weighted by molar-refractivity contribution is 6.30. The number of nitrogens with zero attached hydrogens (tertiary/aromatic N) is 3. The smallest absolute Gasteiger partial charge is 0.256 e. The first-order chi connectivity index (χ1) is 14.6. The zero-order chi connectivity index (χ0) is 20.7. The maximum atomic E-state index is 13.1. The fraction of sp³-hybridized carbons (Fsp3) is 0.292. The van der Waals surface area contributed by atoms with E-state index in [9.17, 15) is 9.90 Å². The largest absolute Gasteiger partial charge is 0.369 e. The van der Waals surface area contributed by atoms with E-state index in [1.165, 1.54) is 5.69 Å². The van der Waals surface area contributed by atoms with Crippen LogP contribution in [-0.4, -0.2) is 60.1 Å². The summed E-state index contributed by atoms with van der Waals surface area (Å²) in [7, 11) is 0. The molecule has 154 valence electrons. The van der Waals surface area contributed by atoms with Gasteiger partial charge >= 0.3 is 0 Å². The summed E-state index contributed by atoms with van der Waals surface area (Å²) in [6.07, 6.45) is -0.897. The van der Waals surface area contributed by atoms with E-state index in [0.29, 0.717) is 12.1 Å². The molecular weight excluding hydrogens is 398 g/mol. The second kappa shape index (κ2) is 7.91. The number of piperazine rings is 1. The van der Waals surface area contributed by atoms with Gasteiger partial charge in [-0.05, 0) is 35.7 Å². The third-order valence-electron chi connectivity index (χ3n) is 6.22. The molecule has 5 nitrogen and oxygen atoms in total. The highest BCUT2D eigenvalue weighted by Gasteiger charge is 2.32. The van der Waals surface area contributed by atoms with Crippen molar-refractivity contribution in [3.05, 3.63) is 76.8 Å². The molecule has 1 saturated heterocycles. The van der Waals surface area contributed by atoms with E-state index in [-0.39, 0.29) is 5.91 Å². The number of rotatable bonds is 4. The zero-order valence-corrected chi connectivity index (χ0v) is 17.4. The van der Waals surface area contributed by atoms with Crippen molar-refractivity contribution in [2.45, 2.75) is 6.23 Å². The summed E-state index contributed by atoms with van der Waals surface area (Å²) in [6.45, 7) is 4.96. The number of aliphatic hydroxyl groups is 1. The van der Waals surface area contributed by atoms with Crippen LogP contribution in [0, 0.1) is 0 Å². The van der Waals surface area contributed by atoms with Gasteiger partial charge in [-0.3, -0.25) is 9.69 Å². The quantitative estimate of drug-likeness (QED) is 0.696. The average Bonchev–Trinajstić information content (AvgIpc) is 2.78. The Morgan fingerprint density at radius 1 is 0.900 bits per heavy atom. The van der Waals surface area contributed by atoms with Gasteiger partial charge in [0, 0.05) is 66.5 Å². The Kier molecular flexibility index (Phi) is 5.11. The van der Waals surface area contributed by atoms with Crippen LogP contribution in [0.15, 0.2) is 60.7 Å². The van der Waals surface area contributed by atoms with Crippen molar-refractivity contribution in [1.82, 2.24) is 9.80 Å². The van der Waals surface area contributed by atoms with Gasteiger partial charge < -0.3 is 14.9 Å². The van der Waals surface area contributed by atoms with Gasteiger partial charge in [0.05, 0.1) is 0 Å². The Morgan fingerprint density at radius 3 is 2.33 bits per heavy atom. The van der Waals surface area contributed by atoms with Crippen LogP contribution in [0.5, 0.6) is 0 Å². The van der Waals surface area contributed by atoms with Crippen LogP contribution in [-0.2, 0) is 0 Å². The normalized spacial score (nSPS) is 19.5. The molecule has 2 heterocycles. The molecule has 1 N–H and O–H groups in total. The van der Waals surface area contributed by atoms with Crippen molar-refractivity contribution in [1.29, 1.82) is 0 Å². The number of benzene rings is 3. The van der Waals surface area contributed by atoms with Gasteiger partial charge in [0.2, 0.25) is 0 Å². The lowest BCUT2D eigenvalue weighted by atomic mass is 9.93. The number of amides is 1. The predicted octanol–water partition coefficient (Wildman–Crippen LogP) is 3.76. The molecule has 30 heavy (non-hydrogen) atoms. The summed E-state index contributed by atoms with van der Waals surface area (Å²) >= 11 is 5.99. The number of hydrogen-bond acceptors (Lipinski definition) is 4. The van der Waals surface area contributed by atoms with E-state index in [4.69, 9.17) is 11.6 Å². The Balaban J connectivity index is 1.24. The SMILES string of the molecule is O=C1c2cccc3cccc(c23)C(O)N1CCN1CCN(c2ccc(Cl)cc2)CC1. The Hall–Kier alpha value is -2.60. The molecule has 3 aromatic carbocycles. The first-order valence-electron chi connectivity index (χ1n) is 10.4. The van der Waals surface area contributed by atoms with E-state index < -0.39 is 6.23 Å². The monoisotopic (exact) mass is 421 g/mol. The molecule has 1 unspecified atom stereocenters. The van der Waals surface area contributed by atoms with E-state index in [1.54, 1.807) is 4.90 Å². The van der Waals surface area contributed by atoms with Crippen molar-refractivity contribution >= 4 is 34.0 Å². The van der Waals surface area contributed by atoms with E-state index in [0.717, 1.165) is 54.1 Å². The molecule has 0 saturated carbocycles. The minimum Gasteiger partial charge on any atom is -0.369 e. The molecule has 0 bridgehead atoms. The van der Waals surface area contributed by atoms with Crippen LogP contribution < -0.4 is 4.90 Å². The molecule has 1 fully saturated rings. The molecule has 2 aliphatic heterocycles. The molecule has 6 heteroatoms. The second-order valence-electron chi connectivity index (χ2n) is 7.93. The molecule has 2 aliphatic rings. The summed E-state index contributed by atoms with van der Waals surface area (Å²) < 4.78 is 0. The van der Waals surface area contributed by atoms with E-state index >= 15 is 0 Å². The summed E-state index contributed by atoms with van der Waals surface area (Å²) in [6, 6.07) is 19.5. The minimum absolute atomic E-state index is 0.0911. The number of halogens is 1. The number of aliphatic hydroxyl groups excluding tert-OH is 1. The Labute approximate surface area is 181 Å². The van der Waals surface area contributed by atoms with Gasteiger partial charge in [0.15, 0.2) is 6.23 Å². The van der Waals surface area contributed by atoms with Crippen molar-refractivity contribution in [2.75, 3.05) is 44.2 Å². The predicted molar refractivity (Wildman–Crippen MR) is 120 cm³/mol. The highest BCUT2D eigenvalue weighted by atomic mass is 35.5. The first-order valence-corrected chi connectivity index (χ1v) is 10.7. The highest BCUT2D eigenvalue weighted by Crippen LogP contribution is 2.35. The molecule has 0 radical (unpaired) electrons. The Morgan fingerprint density at radius 2 is 1.60 bits per heavy atom. The van der Waals surface area contributed by atoms with E-state index in [1.807, 2.05) is 48.5 Å². The van der Waals surface area contributed by atoms with Crippen LogP contribution in [0.4, 0.5) is 5.69 Å². The molecule has 0 spiro atoms. The number of carbonyl (C=O) groups excluding carboxylic acids is 1. The summed E-state index contributed by atoms with van der Waals surface area (Å²) in [5.74, 6) is -0.0911. The first kappa shape index (κ1) is 19.4. The Bertz CT molecular complexity index is 1070. The minimum atomic E-state index is -0.897. The van der Waals surface area contributed by atoms with Gasteiger partial charge in [-0.15, -0.1) is 0 Å². The molecule has 3 aromatic rings. The van der Waals surface area contributed by atoms with Gasteiger partial charge in [-0.1, -0.05) is 41.9 Å². The average molecular weight is 422 g/mol. The maximum absolute atomic E-state index is 13.1. The molecule has 1 amide bonds. The molecule has 0 aliphatic carbocycles. The number of carbonyl (C=O) groups is 1. The van der Waals surface area contributed by atoms with Crippen molar-refractivity contribution in [3.63, 3.8) is 0 Å². The van der Waals surface area contributed by atoms with Crippen molar-refractivity contribution in [2.24, 2.45) is 0 Å². The van der Waals surface area contributed by atoms with Crippen LogP contribution in [0.2, 0.25) is 5.02 Å². The lowest BCUT2D eigenvalue weighted by Crippen LogP contribution is -2.49. The van der Waals surface area contributed by atoms with Crippen LogP contribution in [0.25, 0.3) is 10.8 Å². The standard InChI is InChI=1S/C24H24ClN3O2/c25-18-7-9-19(10-8-18)27-14-11-26(12-15-27)13-16-28-23(29)20-5-1-3-17-4-2-6-21(22(17)20)24(28)30/h1-10,23,29H,11-16H2. The molecule has 5 rings (SSSR count).